The molecule has 4 aliphatic rings. The van der Waals surface area contributed by atoms with E-state index in [-0.39, 0.29) is 29.5 Å². The van der Waals surface area contributed by atoms with Gasteiger partial charge in [-0.1, -0.05) is 26.3 Å². The van der Waals surface area contributed by atoms with Crippen LogP contribution in [0.15, 0.2) is 23.5 Å². The van der Waals surface area contributed by atoms with E-state index in [4.69, 9.17) is 0 Å². The van der Waals surface area contributed by atoms with E-state index in [1.807, 2.05) is 13.8 Å². The van der Waals surface area contributed by atoms with Crippen LogP contribution in [0.25, 0.3) is 0 Å². The van der Waals surface area contributed by atoms with Crippen molar-refractivity contribution in [2.24, 2.45) is 34.5 Å². The number of hydrogen-bond donors (Lipinski definition) is 4. The standard InChI is InChI=1S/C22H30O5S/c1-11-6-15-14-5-4-13-7-16(24)12(10-23)8-20(13,2)18(14)17(25)9-21(15,3)22(11,27)19(26)28/h7,10-11,14-15,17-18,23,25,27H,4-6,8-9H2,1-3H3,(H,26,28)/b12-10-/t11-,14?,15?,17?,18?,20?,21?,22?/m1/s1. The number of carbonyl (C=O) groups excluding carboxylic acids is 2. The second-order valence-electron chi connectivity index (χ2n) is 10.0. The van der Waals surface area contributed by atoms with E-state index in [2.05, 4.69) is 19.6 Å². The first kappa shape index (κ1) is 20.2. The van der Waals surface area contributed by atoms with Crippen LogP contribution < -0.4 is 0 Å². The van der Waals surface area contributed by atoms with Gasteiger partial charge in [-0.15, -0.1) is 12.6 Å². The number of aliphatic hydroxyl groups excluding tert-OH is 2. The van der Waals surface area contributed by atoms with Gasteiger partial charge in [0.15, 0.2) is 5.78 Å². The Morgan fingerprint density at radius 3 is 2.64 bits per heavy atom. The van der Waals surface area contributed by atoms with Gasteiger partial charge in [0.05, 0.1) is 12.4 Å². The van der Waals surface area contributed by atoms with E-state index >= 15 is 0 Å². The molecular weight excluding hydrogens is 376 g/mol. The fourth-order valence-corrected chi connectivity index (χ4v) is 8.05. The van der Waals surface area contributed by atoms with Gasteiger partial charge < -0.3 is 15.3 Å². The SMILES string of the molecule is C[C@@H]1CC2C3CCC4=CC(=O)/C(=C\O)CC4(C)C3C(O)CC2(C)C1(O)C(=O)S. The summed E-state index contributed by atoms with van der Waals surface area (Å²) in [5.41, 5.74) is -1.22. The van der Waals surface area contributed by atoms with Gasteiger partial charge in [-0.05, 0) is 67.3 Å². The van der Waals surface area contributed by atoms with Gasteiger partial charge in [0.1, 0.15) is 5.60 Å². The third-order valence-corrected chi connectivity index (χ3v) is 9.25. The van der Waals surface area contributed by atoms with E-state index in [1.165, 1.54) is 0 Å². The maximum Gasteiger partial charge on any atom is 0.218 e. The molecule has 0 bridgehead atoms. The van der Waals surface area contributed by atoms with Crippen molar-refractivity contribution in [1.29, 1.82) is 0 Å². The van der Waals surface area contributed by atoms with Gasteiger partial charge in [-0.2, -0.15) is 0 Å². The second kappa shape index (κ2) is 6.19. The molecule has 8 atom stereocenters. The minimum absolute atomic E-state index is 0.0711. The number of allylic oxidation sites excluding steroid dienone is 2. The maximum atomic E-state index is 12.4. The molecule has 0 radical (unpaired) electrons. The molecule has 28 heavy (non-hydrogen) atoms. The molecular formula is C22H30O5S. The Bertz CT molecular complexity index is 803. The predicted molar refractivity (Wildman–Crippen MR) is 108 cm³/mol. The van der Waals surface area contributed by atoms with Crippen LogP contribution in [0.4, 0.5) is 0 Å². The van der Waals surface area contributed by atoms with Gasteiger partial charge in [0.25, 0.3) is 0 Å². The summed E-state index contributed by atoms with van der Waals surface area (Å²) < 4.78 is 0. The number of ketones is 1. The lowest BCUT2D eigenvalue weighted by atomic mass is 9.45. The van der Waals surface area contributed by atoms with Gasteiger partial charge in [-0.3, -0.25) is 9.59 Å². The molecule has 0 spiro atoms. The zero-order valence-corrected chi connectivity index (χ0v) is 17.6. The third kappa shape index (κ3) is 2.28. The fourth-order valence-electron chi connectivity index (χ4n) is 7.57. The summed E-state index contributed by atoms with van der Waals surface area (Å²) in [5.74, 6) is -0.182. The van der Waals surface area contributed by atoms with Gasteiger partial charge in [-0.25, -0.2) is 0 Å². The highest BCUT2D eigenvalue weighted by atomic mass is 32.1. The van der Waals surface area contributed by atoms with E-state index in [1.54, 1.807) is 6.08 Å². The molecule has 4 aliphatic carbocycles. The first-order valence-corrected chi connectivity index (χ1v) is 10.7. The lowest BCUT2D eigenvalue weighted by molar-refractivity contribution is -0.178. The van der Waals surface area contributed by atoms with Crippen LogP contribution in [-0.4, -0.2) is 37.9 Å². The summed E-state index contributed by atoms with van der Waals surface area (Å²) in [6.07, 6.45) is 4.93. The monoisotopic (exact) mass is 406 g/mol. The van der Waals surface area contributed by atoms with Crippen LogP contribution in [0.1, 0.15) is 52.9 Å². The predicted octanol–water partition coefficient (Wildman–Crippen LogP) is 2.97. The Morgan fingerprint density at radius 2 is 2.04 bits per heavy atom. The van der Waals surface area contributed by atoms with Crippen LogP contribution in [0.2, 0.25) is 0 Å². The highest BCUT2D eigenvalue weighted by Gasteiger charge is 2.70. The molecule has 3 saturated carbocycles. The summed E-state index contributed by atoms with van der Waals surface area (Å²) in [4.78, 5) is 24.6. The topological polar surface area (TPSA) is 94.8 Å². The van der Waals surface area contributed by atoms with Crippen LogP contribution >= 0.6 is 12.6 Å². The number of thiol groups is 1. The summed E-state index contributed by atoms with van der Waals surface area (Å²) in [7, 11) is 0. The number of hydrogen-bond acceptors (Lipinski definition) is 5. The molecule has 0 saturated heterocycles. The van der Waals surface area contributed by atoms with Gasteiger partial charge in [0, 0.05) is 11.0 Å². The lowest BCUT2D eigenvalue weighted by Crippen LogP contribution is -2.62. The van der Waals surface area contributed by atoms with Crippen molar-refractivity contribution < 1.29 is 24.9 Å². The fraction of sp³-hybridized carbons (Fsp3) is 0.727. The van der Waals surface area contributed by atoms with Crippen molar-refractivity contribution in [3.05, 3.63) is 23.5 Å². The van der Waals surface area contributed by atoms with Crippen LogP contribution in [0, 0.1) is 34.5 Å². The molecule has 0 amide bonds. The van der Waals surface area contributed by atoms with Gasteiger partial charge in [0.2, 0.25) is 5.12 Å². The van der Waals surface area contributed by atoms with Gasteiger partial charge >= 0.3 is 0 Å². The minimum atomic E-state index is -1.54. The largest absolute Gasteiger partial charge is 0.515 e. The van der Waals surface area contributed by atoms with Crippen molar-refractivity contribution in [3.63, 3.8) is 0 Å². The van der Waals surface area contributed by atoms with Crippen LogP contribution in [0.3, 0.4) is 0 Å². The Hall–Kier alpha value is -1.11. The molecule has 5 nitrogen and oxygen atoms in total. The molecule has 0 aromatic rings. The first-order chi connectivity index (χ1) is 13.0. The Labute approximate surface area is 171 Å². The Balaban J connectivity index is 1.79. The average Bonchev–Trinajstić information content (AvgIpc) is 2.82. The molecule has 3 fully saturated rings. The summed E-state index contributed by atoms with van der Waals surface area (Å²) in [6, 6.07) is 0. The highest BCUT2D eigenvalue weighted by Crippen LogP contribution is 2.69. The zero-order valence-electron chi connectivity index (χ0n) is 16.7. The summed E-state index contributed by atoms with van der Waals surface area (Å²) in [5, 5.41) is 31.7. The number of fused-ring (bicyclic) bond motifs is 5. The second-order valence-corrected chi connectivity index (χ2v) is 10.4. The summed E-state index contributed by atoms with van der Waals surface area (Å²) >= 11 is 4.03. The molecule has 0 aromatic carbocycles. The van der Waals surface area contributed by atoms with E-state index in [0.29, 0.717) is 18.4 Å². The zero-order chi connectivity index (χ0) is 20.6. The molecule has 0 heterocycles. The van der Waals surface area contributed by atoms with Crippen molar-refractivity contribution in [3.8, 4) is 0 Å². The quantitative estimate of drug-likeness (QED) is 0.305. The van der Waals surface area contributed by atoms with Crippen molar-refractivity contribution in [2.45, 2.75) is 64.6 Å². The highest BCUT2D eigenvalue weighted by molar-refractivity contribution is 7.96. The van der Waals surface area contributed by atoms with Crippen molar-refractivity contribution >= 4 is 23.5 Å². The van der Waals surface area contributed by atoms with Crippen LogP contribution in [0.5, 0.6) is 0 Å². The normalized spacial score (nSPS) is 51.9. The maximum absolute atomic E-state index is 12.4. The van der Waals surface area contributed by atoms with E-state index in [0.717, 1.165) is 31.1 Å². The van der Waals surface area contributed by atoms with Crippen LogP contribution in [-0.2, 0) is 9.59 Å². The third-order valence-electron chi connectivity index (χ3n) is 8.91. The van der Waals surface area contributed by atoms with Crippen molar-refractivity contribution in [2.75, 3.05) is 0 Å². The van der Waals surface area contributed by atoms with E-state index < -0.39 is 27.7 Å². The molecule has 154 valence electrons. The number of aliphatic hydroxyl groups is 3. The molecule has 6 heteroatoms. The Kier molecular flexibility index (Phi) is 4.46. The minimum Gasteiger partial charge on any atom is -0.515 e. The molecule has 0 aromatic heterocycles. The number of rotatable bonds is 1. The van der Waals surface area contributed by atoms with E-state index in [9.17, 15) is 24.9 Å². The molecule has 0 aliphatic heterocycles. The lowest BCUT2D eigenvalue weighted by Gasteiger charge is -2.60. The summed E-state index contributed by atoms with van der Waals surface area (Å²) in [6.45, 7) is 5.93. The molecule has 3 N–H and O–H groups in total. The van der Waals surface area contributed by atoms with Crippen molar-refractivity contribution in [1.82, 2.24) is 0 Å². The smallest absolute Gasteiger partial charge is 0.218 e. The molecule has 7 unspecified atom stereocenters. The molecule has 4 rings (SSSR count). The average molecular weight is 407 g/mol. The first-order valence-electron chi connectivity index (χ1n) is 10.2. The number of carbonyl (C=O) groups is 2. The Morgan fingerprint density at radius 1 is 1.36 bits per heavy atom.